The Labute approximate surface area is 120 Å². The van der Waals surface area contributed by atoms with Crippen molar-refractivity contribution in [2.75, 3.05) is 11.9 Å². The molecule has 3 N–H and O–H groups in total. The van der Waals surface area contributed by atoms with Crippen molar-refractivity contribution >= 4 is 22.9 Å². The van der Waals surface area contributed by atoms with Gasteiger partial charge in [0.15, 0.2) is 0 Å². The average molecular weight is 278 g/mol. The van der Waals surface area contributed by atoms with Gasteiger partial charge in [-0.2, -0.15) is 0 Å². The van der Waals surface area contributed by atoms with E-state index in [0.717, 1.165) is 36.1 Å². The molecular formula is C15H22N2OS. The van der Waals surface area contributed by atoms with Crippen molar-refractivity contribution in [1.82, 2.24) is 0 Å². The molecule has 2 atom stereocenters. The summed E-state index contributed by atoms with van der Waals surface area (Å²) in [6.45, 7) is 2.03. The van der Waals surface area contributed by atoms with Crippen LogP contribution in [0.2, 0.25) is 0 Å². The minimum atomic E-state index is -0.265. The minimum absolute atomic E-state index is 0.157. The second-order valence-electron chi connectivity index (χ2n) is 5.41. The Kier molecular flexibility index (Phi) is 4.42. The van der Waals surface area contributed by atoms with E-state index in [0.29, 0.717) is 4.99 Å². The summed E-state index contributed by atoms with van der Waals surface area (Å²) in [5, 5.41) is 10.2. The SMILES string of the molecule is Cc1ccc(N(C)C2CCCCC2O)c(C(N)=S)c1. The number of anilines is 1. The summed E-state index contributed by atoms with van der Waals surface area (Å²) in [6.07, 6.45) is 3.91. The highest BCUT2D eigenvalue weighted by atomic mass is 32.1. The number of rotatable bonds is 3. The first-order chi connectivity index (χ1) is 9.00. The molecule has 1 aliphatic carbocycles. The number of likely N-dealkylation sites (N-methyl/N-ethyl adjacent to an activating group) is 1. The topological polar surface area (TPSA) is 49.5 Å². The Bertz CT molecular complexity index is 475. The Hall–Kier alpha value is -1.13. The Morgan fingerprint density at radius 2 is 2.05 bits per heavy atom. The highest BCUT2D eigenvalue weighted by Gasteiger charge is 2.28. The molecule has 0 spiro atoms. The van der Waals surface area contributed by atoms with Crippen LogP contribution < -0.4 is 10.6 Å². The molecule has 0 amide bonds. The van der Waals surface area contributed by atoms with Gasteiger partial charge in [-0.15, -0.1) is 0 Å². The van der Waals surface area contributed by atoms with Gasteiger partial charge in [-0.3, -0.25) is 0 Å². The van der Waals surface area contributed by atoms with E-state index in [1.54, 1.807) is 0 Å². The molecule has 1 aromatic carbocycles. The normalized spacial score (nSPS) is 23.1. The van der Waals surface area contributed by atoms with Crippen molar-refractivity contribution in [3.63, 3.8) is 0 Å². The maximum Gasteiger partial charge on any atom is 0.106 e. The van der Waals surface area contributed by atoms with E-state index in [4.69, 9.17) is 18.0 Å². The lowest BCUT2D eigenvalue weighted by atomic mass is 9.91. The van der Waals surface area contributed by atoms with Crippen LogP contribution in [0.1, 0.15) is 36.8 Å². The van der Waals surface area contributed by atoms with Gasteiger partial charge in [0.25, 0.3) is 0 Å². The summed E-state index contributed by atoms with van der Waals surface area (Å²) in [5.74, 6) is 0. The lowest BCUT2D eigenvalue weighted by molar-refractivity contribution is 0.106. The summed E-state index contributed by atoms with van der Waals surface area (Å²) in [4.78, 5) is 2.55. The quantitative estimate of drug-likeness (QED) is 0.834. The summed E-state index contributed by atoms with van der Waals surface area (Å²) in [7, 11) is 2.02. The third-order valence-corrected chi connectivity index (χ3v) is 4.21. The van der Waals surface area contributed by atoms with Crippen molar-refractivity contribution in [2.24, 2.45) is 5.73 Å². The molecule has 1 aliphatic rings. The molecule has 0 saturated heterocycles. The highest BCUT2D eigenvalue weighted by Crippen LogP contribution is 2.29. The van der Waals surface area contributed by atoms with Gasteiger partial charge < -0.3 is 15.7 Å². The van der Waals surface area contributed by atoms with Crippen molar-refractivity contribution in [1.29, 1.82) is 0 Å². The van der Waals surface area contributed by atoms with E-state index in [9.17, 15) is 5.11 Å². The third kappa shape index (κ3) is 3.07. The van der Waals surface area contributed by atoms with Gasteiger partial charge in [0.1, 0.15) is 4.99 Å². The first-order valence-corrected chi connectivity index (χ1v) is 7.23. The third-order valence-electron chi connectivity index (χ3n) is 3.99. The molecule has 3 nitrogen and oxygen atoms in total. The van der Waals surface area contributed by atoms with Crippen LogP contribution in [0.5, 0.6) is 0 Å². The summed E-state index contributed by atoms with van der Waals surface area (Å²) in [5.41, 5.74) is 8.89. The molecule has 0 radical (unpaired) electrons. The molecule has 19 heavy (non-hydrogen) atoms. The van der Waals surface area contributed by atoms with Crippen molar-refractivity contribution in [3.8, 4) is 0 Å². The molecule has 2 rings (SSSR count). The van der Waals surface area contributed by atoms with Crippen LogP contribution in [0, 0.1) is 6.92 Å². The van der Waals surface area contributed by atoms with Gasteiger partial charge >= 0.3 is 0 Å². The molecule has 0 bridgehead atoms. The van der Waals surface area contributed by atoms with Gasteiger partial charge in [0, 0.05) is 18.3 Å². The number of aryl methyl sites for hydroxylation is 1. The first kappa shape index (κ1) is 14.3. The molecule has 1 aromatic rings. The smallest absolute Gasteiger partial charge is 0.106 e. The van der Waals surface area contributed by atoms with Crippen LogP contribution >= 0.6 is 12.2 Å². The number of aliphatic hydroxyl groups is 1. The maximum absolute atomic E-state index is 10.2. The van der Waals surface area contributed by atoms with Gasteiger partial charge in [0.05, 0.1) is 12.1 Å². The lowest BCUT2D eigenvalue weighted by Gasteiger charge is -2.37. The van der Waals surface area contributed by atoms with E-state index in [1.807, 2.05) is 26.1 Å². The fourth-order valence-electron chi connectivity index (χ4n) is 2.88. The molecular weight excluding hydrogens is 256 g/mol. The van der Waals surface area contributed by atoms with Crippen LogP contribution in [-0.4, -0.2) is 29.3 Å². The molecule has 4 heteroatoms. The van der Waals surface area contributed by atoms with E-state index in [1.165, 1.54) is 6.42 Å². The van der Waals surface area contributed by atoms with E-state index in [-0.39, 0.29) is 12.1 Å². The van der Waals surface area contributed by atoms with Gasteiger partial charge in [0.2, 0.25) is 0 Å². The standard InChI is InChI=1S/C15H22N2OS/c1-10-7-8-12(11(9-10)15(16)19)17(2)13-5-3-4-6-14(13)18/h7-9,13-14,18H,3-6H2,1-2H3,(H2,16,19). The highest BCUT2D eigenvalue weighted by molar-refractivity contribution is 7.80. The van der Waals surface area contributed by atoms with Gasteiger partial charge in [-0.1, -0.05) is 36.7 Å². The summed E-state index contributed by atoms with van der Waals surface area (Å²) in [6, 6.07) is 6.28. The first-order valence-electron chi connectivity index (χ1n) is 6.82. The number of hydrogen-bond acceptors (Lipinski definition) is 3. The lowest BCUT2D eigenvalue weighted by Crippen LogP contribution is -2.44. The predicted octanol–water partition coefficient (Wildman–Crippen LogP) is 2.37. The maximum atomic E-state index is 10.2. The largest absolute Gasteiger partial charge is 0.391 e. The van der Waals surface area contributed by atoms with E-state index in [2.05, 4.69) is 11.0 Å². The minimum Gasteiger partial charge on any atom is -0.391 e. The van der Waals surface area contributed by atoms with Crippen molar-refractivity contribution in [3.05, 3.63) is 29.3 Å². The van der Waals surface area contributed by atoms with Crippen LogP contribution in [0.15, 0.2) is 18.2 Å². The van der Waals surface area contributed by atoms with Crippen LogP contribution in [0.4, 0.5) is 5.69 Å². The molecule has 0 aliphatic heterocycles. The molecule has 0 aromatic heterocycles. The molecule has 2 unspecified atom stereocenters. The summed E-state index contributed by atoms with van der Waals surface area (Å²) < 4.78 is 0. The van der Waals surface area contributed by atoms with Crippen molar-refractivity contribution in [2.45, 2.75) is 44.8 Å². The monoisotopic (exact) mass is 278 g/mol. The zero-order chi connectivity index (χ0) is 14.0. The zero-order valence-electron chi connectivity index (χ0n) is 11.6. The fraction of sp³-hybridized carbons (Fsp3) is 0.533. The molecule has 104 valence electrons. The number of hydrogen-bond donors (Lipinski definition) is 2. The van der Waals surface area contributed by atoms with Crippen molar-refractivity contribution < 1.29 is 5.11 Å². The second kappa shape index (κ2) is 5.88. The fourth-order valence-corrected chi connectivity index (χ4v) is 3.04. The molecule has 0 heterocycles. The number of benzene rings is 1. The van der Waals surface area contributed by atoms with E-state index < -0.39 is 0 Å². The van der Waals surface area contributed by atoms with Gasteiger partial charge in [-0.05, 0) is 31.9 Å². The number of nitrogens with two attached hydrogens (primary N) is 1. The van der Waals surface area contributed by atoms with E-state index >= 15 is 0 Å². The predicted molar refractivity (Wildman–Crippen MR) is 83.7 cm³/mol. The Morgan fingerprint density at radius 3 is 2.68 bits per heavy atom. The van der Waals surface area contributed by atoms with Crippen LogP contribution in [0.3, 0.4) is 0 Å². The number of aliphatic hydroxyl groups excluding tert-OH is 1. The Balaban J connectivity index is 2.32. The zero-order valence-corrected chi connectivity index (χ0v) is 12.4. The van der Waals surface area contributed by atoms with Gasteiger partial charge in [-0.25, -0.2) is 0 Å². The average Bonchev–Trinajstić information content (AvgIpc) is 2.38. The summed E-state index contributed by atoms with van der Waals surface area (Å²) >= 11 is 5.15. The second-order valence-corrected chi connectivity index (χ2v) is 5.85. The molecule has 1 saturated carbocycles. The number of nitrogens with zero attached hydrogens (tertiary/aromatic N) is 1. The molecule has 1 fully saturated rings. The van der Waals surface area contributed by atoms with Crippen LogP contribution in [0.25, 0.3) is 0 Å². The Morgan fingerprint density at radius 1 is 1.37 bits per heavy atom. The van der Waals surface area contributed by atoms with Crippen LogP contribution in [-0.2, 0) is 0 Å². The number of thiocarbonyl (C=S) groups is 1.